The minimum absolute atomic E-state index is 0.0656. The van der Waals surface area contributed by atoms with Crippen molar-refractivity contribution in [3.05, 3.63) is 0 Å². The fourth-order valence-corrected chi connectivity index (χ4v) is 0.581. The summed E-state index contributed by atoms with van der Waals surface area (Å²) in [4.78, 5) is 15.4. The number of hydrogen-bond donors (Lipinski definition) is 2. The van der Waals surface area contributed by atoms with Gasteiger partial charge in [0, 0.05) is 6.04 Å². The van der Waals surface area contributed by atoms with Gasteiger partial charge in [-0.2, -0.15) is 5.48 Å². The molecule has 0 aliphatic carbocycles. The van der Waals surface area contributed by atoms with E-state index in [0.29, 0.717) is 0 Å². The molecule has 0 saturated heterocycles. The minimum atomic E-state index is -0.826. The SMILES string of the molecule is CC(CC(=O)O)NOC(C)(C)C. The quantitative estimate of drug-likeness (QED) is 0.630. The van der Waals surface area contributed by atoms with E-state index in [0.717, 1.165) is 0 Å². The second-order valence-corrected chi connectivity index (χ2v) is 3.83. The monoisotopic (exact) mass is 175 g/mol. The first-order valence-corrected chi connectivity index (χ1v) is 3.96. The average molecular weight is 175 g/mol. The summed E-state index contributed by atoms with van der Waals surface area (Å²) in [6, 6.07) is -0.165. The number of rotatable bonds is 4. The Labute approximate surface area is 72.9 Å². The number of aliphatic carboxylic acids is 1. The van der Waals surface area contributed by atoms with Crippen molar-refractivity contribution in [2.75, 3.05) is 0 Å². The highest BCUT2D eigenvalue weighted by atomic mass is 16.7. The van der Waals surface area contributed by atoms with Gasteiger partial charge in [-0.3, -0.25) is 9.63 Å². The van der Waals surface area contributed by atoms with E-state index in [1.807, 2.05) is 20.8 Å². The number of hydroxylamine groups is 1. The van der Waals surface area contributed by atoms with Gasteiger partial charge in [0.15, 0.2) is 0 Å². The molecule has 72 valence electrons. The molecular formula is C8H17NO3. The number of carboxylic acids is 1. The van der Waals surface area contributed by atoms with Gasteiger partial charge >= 0.3 is 5.97 Å². The van der Waals surface area contributed by atoms with Gasteiger partial charge in [-0.1, -0.05) is 0 Å². The predicted octanol–water partition coefficient (Wildman–Crippen LogP) is 1.17. The van der Waals surface area contributed by atoms with E-state index in [1.165, 1.54) is 0 Å². The molecule has 12 heavy (non-hydrogen) atoms. The Bertz CT molecular complexity index is 151. The molecule has 0 aromatic carbocycles. The zero-order chi connectivity index (χ0) is 9.78. The second-order valence-electron chi connectivity index (χ2n) is 3.83. The van der Waals surface area contributed by atoms with E-state index in [1.54, 1.807) is 6.92 Å². The number of carbonyl (C=O) groups is 1. The molecule has 4 nitrogen and oxygen atoms in total. The third-order valence-electron chi connectivity index (χ3n) is 1.05. The Morgan fingerprint density at radius 3 is 2.42 bits per heavy atom. The first kappa shape index (κ1) is 11.4. The molecule has 0 heterocycles. The van der Waals surface area contributed by atoms with Gasteiger partial charge in [0.1, 0.15) is 0 Å². The molecule has 1 unspecified atom stereocenters. The lowest BCUT2D eigenvalue weighted by atomic mass is 10.2. The molecule has 0 aromatic heterocycles. The highest BCUT2D eigenvalue weighted by Crippen LogP contribution is 2.04. The Morgan fingerprint density at radius 2 is 2.08 bits per heavy atom. The van der Waals surface area contributed by atoms with Crippen molar-refractivity contribution in [2.45, 2.75) is 45.8 Å². The highest BCUT2D eigenvalue weighted by Gasteiger charge is 2.13. The van der Waals surface area contributed by atoms with Gasteiger partial charge in [0.2, 0.25) is 0 Å². The van der Waals surface area contributed by atoms with Crippen LogP contribution in [0.15, 0.2) is 0 Å². The van der Waals surface area contributed by atoms with Crippen LogP contribution in [0.2, 0.25) is 0 Å². The summed E-state index contributed by atoms with van der Waals surface area (Å²) in [5.74, 6) is -0.826. The molecular weight excluding hydrogens is 158 g/mol. The molecule has 0 rings (SSSR count). The minimum Gasteiger partial charge on any atom is -0.481 e. The molecule has 0 spiro atoms. The molecule has 0 bridgehead atoms. The maximum atomic E-state index is 10.2. The molecule has 0 aromatic rings. The van der Waals surface area contributed by atoms with Crippen molar-refractivity contribution in [1.29, 1.82) is 0 Å². The van der Waals surface area contributed by atoms with Crippen LogP contribution in [-0.2, 0) is 9.63 Å². The van der Waals surface area contributed by atoms with E-state index in [9.17, 15) is 4.79 Å². The number of carboxylic acid groups (broad SMARTS) is 1. The van der Waals surface area contributed by atoms with Crippen LogP contribution in [0.1, 0.15) is 34.1 Å². The van der Waals surface area contributed by atoms with Crippen molar-refractivity contribution in [2.24, 2.45) is 0 Å². The van der Waals surface area contributed by atoms with Crippen molar-refractivity contribution >= 4 is 5.97 Å². The van der Waals surface area contributed by atoms with Crippen LogP contribution in [0.4, 0.5) is 0 Å². The summed E-state index contributed by atoms with van der Waals surface area (Å²) in [6.45, 7) is 7.45. The van der Waals surface area contributed by atoms with E-state index >= 15 is 0 Å². The van der Waals surface area contributed by atoms with Gasteiger partial charge in [0.05, 0.1) is 12.0 Å². The van der Waals surface area contributed by atoms with Crippen LogP contribution in [0.5, 0.6) is 0 Å². The Morgan fingerprint density at radius 1 is 1.58 bits per heavy atom. The normalized spacial score (nSPS) is 14.3. The molecule has 1 atom stereocenters. The third-order valence-corrected chi connectivity index (χ3v) is 1.05. The van der Waals surface area contributed by atoms with Crippen LogP contribution in [0.3, 0.4) is 0 Å². The first-order valence-electron chi connectivity index (χ1n) is 3.96. The van der Waals surface area contributed by atoms with Crippen molar-refractivity contribution in [3.63, 3.8) is 0 Å². The van der Waals surface area contributed by atoms with Crippen LogP contribution in [0, 0.1) is 0 Å². The maximum Gasteiger partial charge on any atom is 0.305 e. The highest BCUT2D eigenvalue weighted by molar-refractivity contribution is 5.67. The summed E-state index contributed by atoms with van der Waals surface area (Å²) < 4.78 is 0. The number of nitrogens with one attached hydrogen (secondary N) is 1. The molecule has 0 saturated carbocycles. The van der Waals surface area contributed by atoms with E-state index < -0.39 is 5.97 Å². The van der Waals surface area contributed by atoms with Gasteiger partial charge in [-0.05, 0) is 27.7 Å². The smallest absolute Gasteiger partial charge is 0.305 e. The summed E-state index contributed by atoms with van der Waals surface area (Å²) >= 11 is 0. The zero-order valence-corrected chi connectivity index (χ0v) is 8.05. The molecule has 0 aliphatic heterocycles. The van der Waals surface area contributed by atoms with Crippen LogP contribution in [0.25, 0.3) is 0 Å². The van der Waals surface area contributed by atoms with Gasteiger partial charge in [0.25, 0.3) is 0 Å². The van der Waals surface area contributed by atoms with E-state index in [-0.39, 0.29) is 18.1 Å². The predicted molar refractivity (Wildman–Crippen MR) is 45.7 cm³/mol. The summed E-state index contributed by atoms with van der Waals surface area (Å²) in [6.07, 6.45) is 0.0656. The lowest BCUT2D eigenvalue weighted by Gasteiger charge is -2.22. The van der Waals surface area contributed by atoms with Crippen molar-refractivity contribution in [1.82, 2.24) is 5.48 Å². The van der Waals surface area contributed by atoms with Crippen LogP contribution >= 0.6 is 0 Å². The fraction of sp³-hybridized carbons (Fsp3) is 0.875. The lowest BCUT2D eigenvalue weighted by molar-refractivity contribution is -0.140. The largest absolute Gasteiger partial charge is 0.481 e. The van der Waals surface area contributed by atoms with Gasteiger partial charge in [-0.15, -0.1) is 0 Å². The third kappa shape index (κ3) is 7.50. The summed E-state index contributed by atoms with van der Waals surface area (Å²) in [5.41, 5.74) is 2.39. The van der Waals surface area contributed by atoms with Crippen molar-refractivity contribution in [3.8, 4) is 0 Å². The topological polar surface area (TPSA) is 58.6 Å². The lowest BCUT2D eigenvalue weighted by Crippen LogP contribution is -2.36. The van der Waals surface area contributed by atoms with Crippen LogP contribution in [-0.4, -0.2) is 22.7 Å². The molecule has 2 N–H and O–H groups in total. The number of hydrogen-bond acceptors (Lipinski definition) is 3. The Hall–Kier alpha value is -0.610. The van der Waals surface area contributed by atoms with Crippen LogP contribution < -0.4 is 5.48 Å². The zero-order valence-electron chi connectivity index (χ0n) is 8.05. The molecule has 4 heteroatoms. The Kier molecular flexibility index (Phi) is 4.20. The fourth-order valence-electron chi connectivity index (χ4n) is 0.581. The summed E-state index contributed by atoms with van der Waals surface area (Å²) in [5, 5.41) is 8.42. The van der Waals surface area contributed by atoms with Gasteiger partial charge in [-0.25, -0.2) is 0 Å². The summed E-state index contributed by atoms with van der Waals surface area (Å²) in [7, 11) is 0. The molecule has 0 radical (unpaired) electrons. The molecule has 0 amide bonds. The molecule has 0 fully saturated rings. The standard InChI is InChI=1S/C8H17NO3/c1-6(5-7(10)11)9-12-8(2,3)4/h6,9H,5H2,1-4H3,(H,10,11). The second kappa shape index (κ2) is 4.42. The molecule has 0 aliphatic rings. The maximum absolute atomic E-state index is 10.2. The van der Waals surface area contributed by atoms with E-state index in [4.69, 9.17) is 9.94 Å². The van der Waals surface area contributed by atoms with E-state index in [2.05, 4.69) is 5.48 Å². The Balaban J connectivity index is 3.57. The average Bonchev–Trinajstić information content (AvgIpc) is 1.80. The van der Waals surface area contributed by atoms with Crippen molar-refractivity contribution < 1.29 is 14.7 Å². The van der Waals surface area contributed by atoms with Gasteiger partial charge < -0.3 is 5.11 Å². The first-order chi connectivity index (χ1) is 5.31.